The zero-order chi connectivity index (χ0) is 15.4. The van der Waals surface area contributed by atoms with Gasteiger partial charge in [-0.15, -0.1) is 0 Å². The Hall–Kier alpha value is -1.67. The fraction of sp³-hybridized carbons (Fsp3) is 0.333. The van der Waals surface area contributed by atoms with E-state index in [2.05, 4.69) is 50.4 Å². The van der Waals surface area contributed by atoms with Crippen LogP contribution in [0.1, 0.15) is 43.9 Å². The Morgan fingerprint density at radius 2 is 1.57 bits per heavy atom. The lowest BCUT2D eigenvalue weighted by molar-refractivity contribution is 0.415. The summed E-state index contributed by atoms with van der Waals surface area (Å²) < 4.78 is 5.24. The standard InChI is InChI=1S/C18H22ClNO/c1-12(2)14-5-7-15(8-6-14)13(3)20-16-9-10-17(19)18(11-16)21-4/h5-13,20H,1-4H3. The smallest absolute Gasteiger partial charge is 0.139 e. The van der Waals surface area contributed by atoms with Gasteiger partial charge in [0.15, 0.2) is 0 Å². The first kappa shape index (κ1) is 15.7. The molecule has 112 valence electrons. The lowest BCUT2D eigenvalue weighted by Gasteiger charge is -2.17. The Bertz CT molecular complexity index is 593. The van der Waals surface area contributed by atoms with E-state index >= 15 is 0 Å². The molecule has 0 saturated heterocycles. The molecule has 0 spiro atoms. The Morgan fingerprint density at radius 1 is 0.952 bits per heavy atom. The maximum absolute atomic E-state index is 6.04. The molecule has 3 heteroatoms. The number of ether oxygens (including phenoxy) is 1. The zero-order valence-corrected chi connectivity index (χ0v) is 13.7. The molecule has 0 saturated carbocycles. The lowest BCUT2D eigenvalue weighted by atomic mass is 9.99. The molecule has 0 bridgehead atoms. The van der Waals surface area contributed by atoms with Gasteiger partial charge in [-0.2, -0.15) is 0 Å². The van der Waals surface area contributed by atoms with Crippen LogP contribution in [0.25, 0.3) is 0 Å². The van der Waals surface area contributed by atoms with E-state index in [4.69, 9.17) is 16.3 Å². The first-order valence-electron chi connectivity index (χ1n) is 7.21. The molecule has 2 aromatic rings. The summed E-state index contributed by atoms with van der Waals surface area (Å²) in [5, 5.41) is 4.09. The third-order valence-corrected chi connectivity index (χ3v) is 3.95. The highest BCUT2D eigenvalue weighted by Crippen LogP contribution is 2.29. The molecule has 0 aliphatic heterocycles. The van der Waals surface area contributed by atoms with Gasteiger partial charge < -0.3 is 10.1 Å². The second-order valence-corrected chi connectivity index (χ2v) is 5.94. The van der Waals surface area contributed by atoms with Gasteiger partial charge >= 0.3 is 0 Å². The second-order valence-electron chi connectivity index (χ2n) is 5.54. The Labute approximate surface area is 132 Å². The van der Waals surface area contributed by atoms with Crippen molar-refractivity contribution in [3.05, 3.63) is 58.6 Å². The molecule has 2 nitrogen and oxygen atoms in total. The van der Waals surface area contributed by atoms with Crippen LogP contribution in [0.3, 0.4) is 0 Å². The summed E-state index contributed by atoms with van der Waals surface area (Å²) >= 11 is 6.04. The topological polar surface area (TPSA) is 21.3 Å². The highest BCUT2D eigenvalue weighted by molar-refractivity contribution is 6.32. The third-order valence-electron chi connectivity index (χ3n) is 3.64. The molecular formula is C18H22ClNO. The average molecular weight is 304 g/mol. The van der Waals surface area contributed by atoms with Crippen LogP contribution in [0.15, 0.2) is 42.5 Å². The van der Waals surface area contributed by atoms with Gasteiger partial charge in [-0.3, -0.25) is 0 Å². The molecule has 0 aromatic heterocycles. The predicted octanol–water partition coefficient (Wildman–Crippen LogP) is 5.65. The summed E-state index contributed by atoms with van der Waals surface area (Å²) in [4.78, 5) is 0. The van der Waals surface area contributed by atoms with E-state index in [0.29, 0.717) is 16.7 Å². The predicted molar refractivity (Wildman–Crippen MR) is 90.6 cm³/mol. The van der Waals surface area contributed by atoms with Crippen LogP contribution in [0, 0.1) is 0 Å². The molecule has 0 radical (unpaired) electrons. The molecule has 0 aliphatic carbocycles. The van der Waals surface area contributed by atoms with Gasteiger partial charge in [0.1, 0.15) is 5.75 Å². The van der Waals surface area contributed by atoms with E-state index in [-0.39, 0.29) is 6.04 Å². The van der Waals surface area contributed by atoms with Crippen molar-refractivity contribution in [3.8, 4) is 5.75 Å². The first-order chi connectivity index (χ1) is 10.0. The molecule has 1 unspecified atom stereocenters. The number of halogens is 1. The zero-order valence-electron chi connectivity index (χ0n) is 13.0. The highest BCUT2D eigenvalue weighted by atomic mass is 35.5. The maximum Gasteiger partial charge on any atom is 0.139 e. The summed E-state index contributed by atoms with van der Waals surface area (Å²) in [6, 6.07) is 14.7. The minimum atomic E-state index is 0.220. The van der Waals surface area contributed by atoms with E-state index in [9.17, 15) is 0 Å². The van der Waals surface area contributed by atoms with Crippen molar-refractivity contribution in [2.45, 2.75) is 32.7 Å². The minimum Gasteiger partial charge on any atom is -0.495 e. The number of anilines is 1. The van der Waals surface area contributed by atoms with E-state index < -0.39 is 0 Å². The molecule has 2 aromatic carbocycles. The van der Waals surface area contributed by atoms with Crippen molar-refractivity contribution in [3.63, 3.8) is 0 Å². The van der Waals surface area contributed by atoms with Crippen LogP contribution in [0.5, 0.6) is 5.75 Å². The molecule has 1 N–H and O–H groups in total. The monoisotopic (exact) mass is 303 g/mol. The number of nitrogens with one attached hydrogen (secondary N) is 1. The van der Waals surface area contributed by atoms with Crippen LogP contribution < -0.4 is 10.1 Å². The van der Waals surface area contributed by atoms with Crippen LogP contribution in [-0.4, -0.2) is 7.11 Å². The van der Waals surface area contributed by atoms with Crippen molar-refractivity contribution < 1.29 is 4.74 Å². The van der Waals surface area contributed by atoms with E-state index in [1.807, 2.05) is 18.2 Å². The fourth-order valence-corrected chi connectivity index (χ4v) is 2.45. The quantitative estimate of drug-likeness (QED) is 0.771. The lowest BCUT2D eigenvalue weighted by Crippen LogP contribution is -2.06. The largest absolute Gasteiger partial charge is 0.495 e. The molecule has 0 fully saturated rings. The van der Waals surface area contributed by atoms with Gasteiger partial charge in [0.25, 0.3) is 0 Å². The van der Waals surface area contributed by atoms with Gasteiger partial charge in [0, 0.05) is 17.8 Å². The minimum absolute atomic E-state index is 0.220. The van der Waals surface area contributed by atoms with Crippen LogP contribution in [0.2, 0.25) is 5.02 Å². The number of benzene rings is 2. The maximum atomic E-state index is 6.04. The first-order valence-corrected chi connectivity index (χ1v) is 7.59. The van der Waals surface area contributed by atoms with E-state index in [0.717, 1.165) is 5.69 Å². The Kier molecular flexibility index (Phi) is 5.13. The average Bonchev–Trinajstić information content (AvgIpc) is 2.49. The summed E-state index contributed by atoms with van der Waals surface area (Å²) in [7, 11) is 1.62. The Morgan fingerprint density at radius 3 is 2.14 bits per heavy atom. The molecule has 0 amide bonds. The van der Waals surface area contributed by atoms with Crippen molar-refractivity contribution in [2.24, 2.45) is 0 Å². The van der Waals surface area contributed by atoms with Crippen molar-refractivity contribution in [1.82, 2.24) is 0 Å². The summed E-state index contributed by atoms with van der Waals surface area (Å²) in [6.07, 6.45) is 0. The molecule has 0 aliphatic rings. The highest BCUT2D eigenvalue weighted by Gasteiger charge is 2.08. The van der Waals surface area contributed by atoms with Gasteiger partial charge in [-0.25, -0.2) is 0 Å². The summed E-state index contributed by atoms with van der Waals surface area (Å²) in [5.41, 5.74) is 3.61. The van der Waals surface area contributed by atoms with Gasteiger partial charge in [0.2, 0.25) is 0 Å². The molecular weight excluding hydrogens is 282 g/mol. The van der Waals surface area contributed by atoms with Gasteiger partial charge in [-0.05, 0) is 36.1 Å². The molecule has 21 heavy (non-hydrogen) atoms. The molecule has 2 rings (SSSR count). The summed E-state index contributed by atoms with van der Waals surface area (Å²) in [5.74, 6) is 1.24. The number of hydrogen-bond donors (Lipinski definition) is 1. The SMILES string of the molecule is COc1cc(NC(C)c2ccc(C(C)C)cc2)ccc1Cl. The van der Waals surface area contributed by atoms with Crippen LogP contribution in [0.4, 0.5) is 5.69 Å². The van der Waals surface area contributed by atoms with Crippen LogP contribution >= 0.6 is 11.6 Å². The van der Waals surface area contributed by atoms with E-state index in [1.54, 1.807) is 7.11 Å². The molecule has 1 atom stereocenters. The number of methoxy groups -OCH3 is 1. The van der Waals surface area contributed by atoms with Crippen molar-refractivity contribution in [2.75, 3.05) is 12.4 Å². The van der Waals surface area contributed by atoms with Gasteiger partial charge in [0.05, 0.1) is 12.1 Å². The van der Waals surface area contributed by atoms with Gasteiger partial charge in [-0.1, -0.05) is 49.7 Å². The van der Waals surface area contributed by atoms with E-state index in [1.165, 1.54) is 11.1 Å². The normalized spacial score (nSPS) is 12.3. The molecule has 0 heterocycles. The number of rotatable bonds is 5. The Balaban J connectivity index is 2.12. The number of hydrogen-bond acceptors (Lipinski definition) is 2. The van der Waals surface area contributed by atoms with Crippen molar-refractivity contribution in [1.29, 1.82) is 0 Å². The fourth-order valence-electron chi connectivity index (χ4n) is 2.25. The van der Waals surface area contributed by atoms with Crippen molar-refractivity contribution >= 4 is 17.3 Å². The summed E-state index contributed by atoms with van der Waals surface area (Å²) in [6.45, 7) is 6.55. The third kappa shape index (κ3) is 3.92. The second kappa shape index (κ2) is 6.86. The van der Waals surface area contributed by atoms with Crippen LogP contribution in [-0.2, 0) is 0 Å².